The molecule has 31 heavy (non-hydrogen) atoms. The average molecular weight is 434 g/mol. The van der Waals surface area contributed by atoms with Crippen LogP contribution in [-0.2, 0) is 42.9 Å². The van der Waals surface area contributed by atoms with Crippen LogP contribution in [0.25, 0.3) is 0 Å². The molecule has 168 valence electrons. The molecule has 0 spiro atoms. The standard InChI is InChI=1S/C22H26O9/c1-10(2)19(24)29-16-14-11(3)20(25)30-17(14)18-22(5,31-18)9-7-8-13(21(26)27-6)15(16)28-12(4)23/h8,14-18H,1,3,7,9H2,2,4-6H3/b13-8+/t14-,15-,16-,17+,18-,22-/m1/s1. The summed E-state index contributed by atoms with van der Waals surface area (Å²) in [7, 11) is 1.19. The molecule has 2 fully saturated rings. The predicted molar refractivity (Wildman–Crippen MR) is 105 cm³/mol. The molecule has 3 aliphatic rings. The first-order valence-electron chi connectivity index (χ1n) is 9.90. The van der Waals surface area contributed by atoms with Gasteiger partial charge in [-0.25, -0.2) is 14.4 Å². The lowest BCUT2D eigenvalue weighted by Crippen LogP contribution is -2.48. The fraction of sp³-hybridized carbons (Fsp3) is 0.545. The Morgan fingerprint density at radius 2 is 1.90 bits per heavy atom. The number of methoxy groups -OCH3 is 1. The highest BCUT2D eigenvalue weighted by Gasteiger charge is 2.64. The van der Waals surface area contributed by atoms with Crippen molar-refractivity contribution in [3.63, 3.8) is 0 Å². The first-order valence-corrected chi connectivity index (χ1v) is 9.90. The van der Waals surface area contributed by atoms with E-state index in [4.69, 9.17) is 23.7 Å². The molecule has 2 saturated heterocycles. The molecule has 9 heteroatoms. The normalized spacial score (nSPS) is 36.0. The van der Waals surface area contributed by atoms with Crippen molar-refractivity contribution in [2.24, 2.45) is 5.92 Å². The van der Waals surface area contributed by atoms with E-state index in [-0.39, 0.29) is 16.7 Å². The van der Waals surface area contributed by atoms with Crippen LogP contribution in [0.1, 0.15) is 33.6 Å². The van der Waals surface area contributed by atoms with E-state index >= 15 is 0 Å². The van der Waals surface area contributed by atoms with Crippen molar-refractivity contribution in [3.05, 3.63) is 36.0 Å². The molecule has 0 aromatic rings. The molecule has 9 nitrogen and oxygen atoms in total. The van der Waals surface area contributed by atoms with Crippen molar-refractivity contribution in [1.82, 2.24) is 0 Å². The number of hydrogen-bond acceptors (Lipinski definition) is 9. The minimum absolute atomic E-state index is 0.00851. The largest absolute Gasteiger partial charge is 0.466 e. The van der Waals surface area contributed by atoms with Crippen molar-refractivity contribution < 1.29 is 42.9 Å². The van der Waals surface area contributed by atoms with Gasteiger partial charge in [-0.15, -0.1) is 0 Å². The monoisotopic (exact) mass is 434 g/mol. The molecule has 0 radical (unpaired) electrons. The summed E-state index contributed by atoms with van der Waals surface area (Å²) in [5.41, 5.74) is -0.486. The molecular weight excluding hydrogens is 408 g/mol. The number of carbonyl (C=O) groups is 4. The molecule has 0 N–H and O–H groups in total. The maximum Gasteiger partial charge on any atom is 0.337 e. The molecule has 0 unspecified atom stereocenters. The Morgan fingerprint density at radius 1 is 1.23 bits per heavy atom. The smallest absolute Gasteiger partial charge is 0.337 e. The van der Waals surface area contributed by atoms with Gasteiger partial charge in [0.15, 0.2) is 12.2 Å². The Kier molecular flexibility index (Phi) is 6.09. The van der Waals surface area contributed by atoms with E-state index in [9.17, 15) is 19.2 Å². The third-order valence-electron chi connectivity index (χ3n) is 5.77. The molecule has 2 heterocycles. The number of allylic oxidation sites excluding steroid dienone is 1. The fourth-order valence-corrected chi connectivity index (χ4v) is 4.10. The Labute approximate surface area is 180 Å². The summed E-state index contributed by atoms with van der Waals surface area (Å²) < 4.78 is 27.4. The van der Waals surface area contributed by atoms with Crippen LogP contribution >= 0.6 is 0 Å². The van der Waals surface area contributed by atoms with Gasteiger partial charge < -0.3 is 23.7 Å². The Bertz CT molecular complexity index is 885. The van der Waals surface area contributed by atoms with Gasteiger partial charge in [-0.1, -0.05) is 19.2 Å². The number of ether oxygens (including phenoxy) is 5. The van der Waals surface area contributed by atoms with Gasteiger partial charge in [-0.05, 0) is 26.7 Å². The van der Waals surface area contributed by atoms with Gasteiger partial charge >= 0.3 is 23.9 Å². The Hall–Kier alpha value is -2.94. The van der Waals surface area contributed by atoms with Gasteiger partial charge in [-0.3, -0.25) is 4.79 Å². The average Bonchev–Trinajstić information content (AvgIpc) is 3.28. The van der Waals surface area contributed by atoms with Crippen molar-refractivity contribution in [3.8, 4) is 0 Å². The minimum atomic E-state index is -1.35. The fourth-order valence-electron chi connectivity index (χ4n) is 4.10. The van der Waals surface area contributed by atoms with Crippen LogP contribution in [0.3, 0.4) is 0 Å². The summed E-state index contributed by atoms with van der Waals surface area (Å²) in [5.74, 6) is -3.84. The van der Waals surface area contributed by atoms with E-state index < -0.39 is 59.8 Å². The zero-order valence-electron chi connectivity index (χ0n) is 18.0. The number of rotatable bonds is 4. The van der Waals surface area contributed by atoms with Crippen LogP contribution in [-0.4, -0.2) is 61.0 Å². The summed E-state index contributed by atoms with van der Waals surface area (Å²) in [5, 5.41) is 0. The molecule has 1 aliphatic carbocycles. The highest BCUT2D eigenvalue weighted by Crippen LogP contribution is 2.50. The van der Waals surface area contributed by atoms with Crippen molar-refractivity contribution in [1.29, 1.82) is 0 Å². The highest BCUT2D eigenvalue weighted by molar-refractivity contribution is 5.93. The van der Waals surface area contributed by atoms with Gasteiger partial charge in [-0.2, -0.15) is 0 Å². The summed E-state index contributed by atoms with van der Waals surface area (Å²) in [6, 6.07) is 0. The minimum Gasteiger partial charge on any atom is -0.466 e. The van der Waals surface area contributed by atoms with Crippen molar-refractivity contribution in [2.45, 2.75) is 63.6 Å². The second-order valence-corrected chi connectivity index (χ2v) is 8.14. The van der Waals surface area contributed by atoms with E-state index in [1.807, 2.05) is 6.92 Å². The highest BCUT2D eigenvalue weighted by atomic mass is 16.7. The van der Waals surface area contributed by atoms with E-state index in [0.29, 0.717) is 12.8 Å². The van der Waals surface area contributed by atoms with E-state index in [0.717, 1.165) is 6.92 Å². The summed E-state index contributed by atoms with van der Waals surface area (Å²) >= 11 is 0. The third kappa shape index (κ3) is 4.27. The molecule has 6 atom stereocenters. The third-order valence-corrected chi connectivity index (χ3v) is 5.77. The Morgan fingerprint density at radius 3 is 2.48 bits per heavy atom. The molecule has 2 aliphatic heterocycles. The van der Waals surface area contributed by atoms with Crippen LogP contribution in [0.5, 0.6) is 0 Å². The first-order chi connectivity index (χ1) is 14.5. The summed E-state index contributed by atoms with van der Waals surface area (Å²) in [4.78, 5) is 49.5. The Balaban J connectivity index is 2.17. The number of hydrogen-bond donors (Lipinski definition) is 0. The van der Waals surface area contributed by atoms with Gasteiger partial charge in [0.05, 0.1) is 24.2 Å². The van der Waals surface area contributed by atoms with E-state index in [2.05, 4.69) is 13.2 Å². The van der Waals surface area contributed by atoms with Crippen LogP contribution < -0.4 is 0 Å². The van der Waals surface area contributed by atoms with Gasteiger partial charge in [0.2, 0.25) is 0 Å². The van der Waals surface area contributed by atoms with Gasteiger partial charge in [0.25, 0.3) is 0 Å². The zero-order chi connectivity index (χ0) is 23.1. The van der Waals surface area contributed by atoms with Crippen LogP contribution in [0.15, 0.2) is 36.0 Å². The molecule has 0 aromatic carbocycles. The van der Waals surface area contributed by atoms with Crippen LogP contribution in [0.4, 0.5) is 0 Å². The van der Waals surface area contributed by atoms with E-state index in [1.165, 1.54) is 14.0 Å². The topological polar surface area (TPSA) is 118 Å². The van der Waals surface area contributed by atoms with Crippen molar-refractivity contribution >= 4 is 23.9 Å². The van der Waals surface area contributed by atoms with Crippen molar-refractivity contribution in [2.75, 3.05) is 7.11 Å². The molecule has 0 saturated carbocycles. The lowest BCUT2D eigenvalue weighted by molar-refractivity contribution is -0.168. The van der Waals surface area contributed by atoms with Gasteiger partial charge in [0.1, 0.15) is 12.2 Å². The number of epoxide rings is 1. The second-order valence-electron chi connectivity index (χ2n) is 8.14. The second kappa shape index (κ2) is 8.30. The molecule has 3 rings (SSSR count). The maximum absolute atomic E-state index is 12.6. The first kappa shape index (κ1) is 22.7. The lowest BCUT2D eigenvalue weighted by atomic mass is 9.80. The van der Waals surface area contributed by atoms with E-state index in [1.54, 1.807) is 6.08 Å². The molecule has 0 amide bonds. The summed E-state index contributed by atoms with van der Waals surface area (Å²) in [6.45, 7) is 11.9. The molecule has 0 aromatic heterocycles. The number of carbonyl (C=O) groups excluding carboxylic acids is 4. The number of esters is 4. The number of fused-ring (bicyclic) bond motifs is 3. The quantitative estimate of drug-likeness (QED) is 0.281. The SMILES string of the molecule is C=C(C)C(=O)O[C@@H]1[C@H]2C(=C)C(=O)O[C@@H]2[C@H]2O[C@]2(C)CC/C=C(/C(=O)OC)[C@H]1OC(C)=O. The predicted octanol–water partition coefficient (Wildman–Crippen LogP) is 1.55. The lowest BCUT2D eigenvalue weighted by Gasteiger charge is -2.33. The molecular formula is C22H26O9. The molecule has 0 bridgehead atoms. The summed E-state index contributed by atoms with van der Waals surface area (Å²) in [6.07, 6.45) is -1.45. The van der Waals surface area contributed by atoms with Gasteiger partial charge in [0, 0.05) is 18.1 Å². The zero-order valence-corrected chi connectivity index (χ0v) is 18.0. The van der Waals surface area contributed by atoms with Crippen LogP contribution in [0, 0.1) is 5.92 Å². The maximum atomic E-state index is 12.6. The van der Waals surface area contributed by atoms with Crippen LogP contribution in [0.2, 0.25) is 0 Å².